The van der Waals surface area contributed by atoms with Crippen molar-refractivity contribution in [2.45, 2.75) is 25.3 Å². The summed E-state index contributed by atoms with van der Waals surface area (Å²) in [4.78, 5) is 26.6. The van der Waals surface area contributed by atoms with Crippen LogP contribution in [0, 0.1) is 0 Å². The van der Waals surface area contributed by atoms with Gasteiger partial charge >= 0.3 is 0 Å². The summed E-state index contributed by atoms with van der Waals surface area (Å²) in [6.45, 7) is 1.49. The van der Waals surface area contributed by atoms with Gasteiger partial charge in [-0.3, -0.25) is 14.5 Å². The van der Waals surface area contributed by atoms with Gasteiger partial charge in [-0.25, -0.2) is 17.2 Å². The number of hydrogen-bond donors (Lipinski definition) is 1. The topological polar surface area (TPSA) is 86.8 Å². The summed E-state index contributed by atoms with van der Waals surface area (Å²) in [5, 5.41) is 2.76. The van der Waals surface area contributed by atoms with Crippen molar-refractivity contribution in [1.82, 2.24) is 15.1 Å². The lowest BCUT2D eigenvalue weighted by Crippen LogP contribution is -2.62. The number of sulfone groups is 1. The third-order valence-corrected chi connectivity index (χ3v) is 5.59. The smallest absolute Gasteiger partial charge is 0.239 e. The first-order valence-corrected chi connectivity index (χ1v) is 9.35. The highest BCUT2D eigenvalue weighted by Gasteiger charge is 2.32. The summed E-state index contributed by atoms with van der Waals surface area (Å²) in [6, 6.07) is -0.161. The van der Waals surface area contributed by atoms with Gasteiger partial charge in [0.05, 0.1) is 24.1 Å². The Morgan fingerprint density at radius 3 is 2.35 bits per heavy atom. The molecule has 0 radical (unpaired) electrons. The van der Waals surface area contributed by atoms with E-state index < -0.39 is 22.7 Å². The second-order valence-corrected chi connectivity index (χ2v) is 8.22. The summed E-state index contributed by atoms with van der Waals surface area (Å²) in [7, 11) is -2.97. The quantitative estimate of drug-likeness (QED) is 0.668. The third kappa shape index (κ3) is 5.69. The van der Waals surface area contributed by atoms with Crippen molar-refractivity contribution in [3.63, 3.8) is 0 Å². The highest BCUT2D eigenvalue weighted by atomic mass is 32.2. The van der Waals surface area contributed by atoms with Gasteiger partial charge in [0.15, 0.2) is 9.84 Å². The normalized spacial score (nSPS) is 22.0. The van der Waals surface area contributed by atoms with Crippen LogP contribution in [0.2, 0.25) is 0 Å². The molecule has 2 rings (SSSR count). The van der Waals surface area contributed by atoms with Crippen LogP contribution in [0.1, 0.15) is 12.8 Å². The zero-order valence-electron chi connectivity index (χ0n) is 12.7. The molecule has 0 bridgehead atoms. The molecule has 7 nitrogen and oxygen atoms in total. The van der Waals surface area contributed by atoms with Gasteiger partial charge in [0, 0.05) is 39.0 Å². The fourth-order valence-corrected chi connectivity index (χ4v) is 3.83. The van der Waals surface area contributed by atoms with E-state index in [0.29, 0.717) is 26.2 Å². The lowest BCUT2D eigenvalue weighted by molar-refractivity contribution is -0.138. The minimum atomic E-state index is -2.97. The number of halogens is 2. The Labute approximate surface area is 133 Å². The minimum absolute atomic E-state index is 0.0656. The summed E-state index contributed by atoms with van der Waals surface area (Å²) in [6.07, 6.45) is -3.10. The second-order valence-electron chi connectivity index (χ2n) is 5.92. The maximum atomic E-state index is 12.0. The van der Waals surface area contributed by atoms with Gasteiger partial charge in [0.2, 0.25) is 18.2 Å². The molecule has 10 heteroatoms. The highest BCUT2D eigenvalue weighted by molar-refractivity contribution is 7.91. The Kier molecular flexibility index (Phi) is 5.90. The van der Waals surface area contributed by atoms with Crippen molar-refractivity contribution in [3.05, 3.63) is 0 Å². The van der Waals surface area contributed by atoms with E-state index in [1.54, 1.807) is 4.90 Å². The molecule has 1 N–H and O–H groups in total. The van der Waals surface area contributed by atoms with Crippen LogP contribution in [0.3, 0.4) is 0 Å². The lowest BCUT2D eigenvalue weighted by Gasteiger charge is -2.40. The molecule has 0 spiro atoms. The molecule has 2 heterocycles. The van der Waals surface area contributed by atoms with Crippen molar-refractivity contribution < 1.29 is 26.8 Å². The zero-order chi connectivity index (χ0) is 17.0. The first-order valence-electron chi connectivity index (χ1n) is 7.53. The molecular weight excluding hydrogens is 332 g/mol. The van der Waals surface area contributed by atoms with E-state index in [1.807, 2.05) is 0 Å². The molecule has 23 heavy (non-hydrogen) atoms. The molecule has 2 fully saturated rings. The van der Waals surface area contributed by atoms with Gasteiger partial charge in [0.1, 0.15) is 0 Å². The van der Waals surface area contributed by atoms with Crippen LogP contribution in [0.5, 0.6) is 0 Å². The largest absolute Gasteiger partial charge is 0.349 e. The summed E-state index contributed by atoms with van der Waals surface area (Å²) in [5.41, 5.74) is 0. The van der Waals surface area contributed by atoms with Crippen LogP contribution in [0.4, 0.5) is 8.78 Å². The molecule has 0 unspecified atom stereocenters. The Bertz CT molecular complexity index is 535. The molecule has 0 saturated carbocycles. The van der Waals surface area contributed by atoms with Gasteiger partial charge in [0.25, 0.3) is 0 Å². The molecule has 0 aromatic heterocycles. The summed E-state index contributed by atoms with van der Waals surface area (Å²) >= 11 is 0. The van der Waals surface area contributed by atoms with E-state index >= 15 is 0 Å². The molecule has 0 aromatic carbocycles. The molecule has 132 valence electrons. The molecule has 0 aliphatic carbocycles. The number of hydrogen-bond acceptors (Lipinski definition) is 5. The number of carbonyl (C=O) groups excluding carboxylic acids is 2. The maximum absolute atomic E-state index is 12.0. The van der Waals surface area contributed by atoms with E-state index in [0.717, 1.165) is 0 Å². The number of alkyl halides is 2. The van der Waals surface area contributed by atoms with E-state index in [4.69, 9.17) is 0 Å². The third-order valence-electron chi connectivity index (χ3n) is 3.98. The van der Waals surface area contributed by atoms with Crippen LogP contribution in [0.25, 0.3) is 0 Å². The van der Waals surface area contributed by atoms with E-state index in [1.165, 1.54) is 4.90 Å². The van der Waals surface area contributed by atoms with Crippen molar-refractivity contribution >= 4 is 21.7 Å². The standard InChI is InChI=1S/C13H21F2N3O4S/c14-11(15)1-2-13(20)18-7-10(8-18)16-12(19)9-17-3-5-23(21,22)6-4-17/h10-11H,1-9H2,(H,16,19). The van der Waals surface area contributed by atoms with Crippen LogP contribution in [-0.4, -0.2) is 86.7 Å². The van der Waals surface area contributed by atoms with Crippen molar-refractivity contribution in [3.8, 4) is 0 Å². The predicted octanol–water partition coefficient (Wildman–Crippen LogP) is -0.911. The van der Waals surface area contributed by atoms with Gasteiger partial charge in [-0.05, 0) is 0 Å². The van der Waals surface area contributed by atoms with E-state index in [-0.39, 0.29) is 42.3 Å². The number of amides is 2. The van der Waals surface area contributed by atoms with Gasteiger partial charge in [-0.2, -0.15) is 0 Å². The monoisotopic (exact) mass is 353 g/mol. The number of carbonyl (C=O) groups is 2. The number of rotatable bonds is 6. The molecular formula is C13H21F2N3O4S. The average molecular weight is 353 g/mol. The van der Waals surface area contributed by atoms with Crippen LogP contribution in [0.15, 0.2) is 0 Å². The molecule has 0 atom stereocenters. The zero-order valence-corrected chi connectivity index (χ0v) is 13.5. The van der Waals surface area contributed by atoms with Gasteiger partial charge in [-0.1, -0.05) is 0 Å². The number of nitrogens with zero attached hydrogens (tertiary/aromatic N) is 2. The Morgan fingerprint density at radius 1 is 1.17 bits per heavy atom. The highest BCUT2D eigenvalue weighted by Crippen LogP contribution is 2.13. The molecule has 2 aliphatic rings. The maximum Gasteiger partial charge on any atom is 0.239 e. The number of likely N-dealkylation sites (tertiary alicyclic amines) is 1. The summed E-state index contributed by atoms with van der Waals surface area (Å²) < 4.78 is 46.7. The van der Waals surface area contributed by atoms with Crippen molar-refractivity contribution in [2.24, 2.45) is 0 Å². The van der Waals surface area contributed by atoms with Crippen molar-refractivity contribution in [1.29, 1.82) is 0 Å². The van der Waals surface area contributed by atoms with Gasteiger partial charge in [-0.15, -0.1) is 0 Å². The Balaban J connectivity index is 1.62. The average Bonchev–Trinajstić information content (AvgIpc) is 2.42. The first-order chi connectivity index (χ1) is 10.7. The molecule has 2 aliphatic heterocycles. The molecule has 2 saturated heterocycles. The SMILES string of the molecule is O=C(CN1CCS(=O)(=O)CC1)NC1CN(C(=O)CCC(F)F)C1. The summed E-state index contributed by atoms with van der Waals surface area (Å²) in [5.74, 6) is -0.405. The van der Waals surface area contributed by atoms with Crippen LogP contribution in [-0.2, 0) is 19.4 Å². The molecule has 2 amide bonds. The van der Waals surface area contributed by atoms with Gasteiger partial charge < -0.3 is 10.2 Å². The lowest BCUT2D eigenvalue weighted by atomic mass is 10.1. The van der Waals surface area contributed by atoms with E-state index in [2.05, 4.69) is 5.32 Å². The Hall–Kier alpha value is -1.29. The predicted molar refractivity (Wildman–Crippen MR) is 78.8 cm³/mol. The van der Waals surface area contributed by atoms with E-state index in [9.17, 15) is 26.8 Å². The fraction of sp³-hybridized carbons (Fsp3) is 0.846. The Morgan fingerprint density at radius 2 is 1.78 bits per heavy atom. The van der Waals surface area contributed by atoms with Crippen LogP contribution >= 0.6 is 0 Å². The molecule has 0 aromatic rings. The number of nitrogens with one attached hydrogen (secondary N) is 1. The van der Waals surface area contributed by atoms with Crippen LogP contribution < -0.4 is 5.32 Å². The first kappa shape index (κ1) is 18.1. The minimum Gasteiger partial charge on any atom is -0.349 e. The van der Waals surface area contributed by atoms with Crippen molar-refractivity contribution in [2.75, 3.05) is 44.2 Å². The fourth-order valence-electron chi connectivity index (χ4n) is 2.55. The second kappa shape index (κ2) is 7.52.